The van der Waals surface area contributed by atoms with Gasteiger partial charge in [-0.2, -0.15) is 0 Å². The molecule has 0 radical (unpaired) electrons. The SMILES string of the molecule is CCN(C(=O)c1cccc([N+](=O)[O-])c1)c1ccc(OC)cc1. The Hall–Kier alpha value is -2.89. The van der Waals surface area contributed by atoms with Gasteiger partial charge in [0, 0.05) is 29.9 Å². The molecule has 0 saturated carbocycles. The molecule has 1 amide bonds. The maximum atomic E-state index is 12.6. The lowest BCUT2D eigenvalue weighted by Crippen LogP contribution is -2.30. The Balaban J connectivity index is 2.31. The van der Waals surface area contributed by atoms with Crippen LogP contribution in [0.1, 0.15) is 17.3 Å². The number of carbonyl (C=O) groups excluding carboxylic acids is 1. The molecule has 0 aliphatic carbocycles. The van der Waals surface area contributed by atoms with Crippen molar-refractivity contribution in [2.75, 3.05) is 18.6 Å². The molecule has 0 aliphatic heterocycles. The van der Waals surface area contributed by atoms with Crippen LogP contribution in [0.2, 0.25) is 0 Å². The first kappa shape index (κ1) is 15.5. The minimum atomic E-state index is -0.513. The second-order valence-corrected chi connectivity index (χ2v) is 4.55. The number of non-ortho nitro benzene ring substituents is 1. The number of benzene rings is 2. The van der Waals surface area contributed by atoms with Crippen molar-refractivity contribution < 1.29 is 14.5 Å². The monoisotopic (exact) mass is 300 g/mol. The zero-order valence-corrected chi connectivity index (χ0v) is 12.4. The zero-order chi connectivity index (χ0) is 16.1. The Morgan fingerprint density at radius 3 is 2.45 bits per heavy atom. The van der Waals surface area contributed by atoms with Crippen LogP contribution >= 0.6 is 0 Å². The van der Waals surface area contributed by atoms with E-state index in [9.17, 15) is 14.9 Å². The summed E-state index contributed by atoms with van der Waals surface area (Å²) in [6, 6.07) is 12.8. The van der Waals surface area contributed by atoms with Crippen LogP contribution in [0.15, 0.2) is 48.5 Å². The van der Waals surface area contributed by atoms with Crippen molar-refractivity contribution in [1.29, 1.82) is 0 Å². The molecule has 0 aliphatic rings. The zero-order valence-electron chi connectivity index (χ0n) is 12.4. The van der Waals surface area contributed by atoms with Crippen LogP contribution in [0.3, 0.4) is 0 Å². The number of hydrogen-bond donors (Lipinski definition) is 0. The lowest BCUT2D eigenvalue weighted by Gasteiger charge is -2.21. The number of nitro groups is 1. The Labute approximate surface area is 128 Å². The standard InChI is InChI=1S/C16H16N2O4/c1-3-17(13-7-9-15(22-2)10-8-13)16(19)12-5-4-6-14(11-12)18(20)21/h4-11H,3H2,1-2H3. The largest absolute Gasteiger partial charge is 0.497 e. The molecule has 6 nitrogen and oxygen atoms in total. The van der Waals surface area contributed by atoms with E-state index in [1.54, 1.807) is 42.3 Å². The summed E-state index contributed by atoms with van der Waals surface area (Å²) in [6.45, 7) is 2.30. The molecule has 22 heavy (non-hydrogen) atoms. The van der Waals surface area contributed by atoms with Crippen molar-refractivity contribution in [3.63, 3.8) is 0 Å². The molecule has 2 aromatic rings. The van der Waals surface area contributed by atoms with Crippen LogP contribution < -0.4 is 9.64 Å². The van der Waals surface area contributed by atoms with Crippen molar-refractivity contribution in [2.45, 2.75) is 6.92 Å². The molecule has 0 fully saturated rings. The van der Waals surface area contributed by atoms with Crippen LogP contribution in [-0.2, 0) is 0 Å². The number of carbonyl (C=O) groups is 1. The molecule has 0 N–H and O–H groups in total. The molecule has 0 saturated heterocycles. The van der Waals surface area contributed by atoms with Crippen molar-refractivity contribution in [1.82, 2.24) is 0 Å². The molecule has 0 spiro atoms. The molecule has 2 rings (SSSR count). The molecule has 0 heterocycles. The predicted molar refractivity (Wildman–Crippen MR) is 83.4 cm³/mol. The van der Waals surface area contributed by atoms with E-state index >= 15 is 0 Å². The van der Waals surface area contributed by atoms with Gasteiger partial charge in [-0.1, -0.05) is 6.07 Å². The lowest BCUT2D eigenvalue weighted by atomic mass is 10.1. The lowest BCUT2D eigenvalue weighted by molar-refractivity contribution is -0.384. The van der Waals surface area contributed by atoms with E-state index in [-0.39, 0.29) is 17.2 Å². The topological polar surface area (TPSA) is 72.7 Å². The maximum Gasteiger partial charge on any atom is 0.270 e. The fraction of sp³-hybridized carbons (Fsp3) is 0.188. The van der Waals surface area contributed by atoms with Crippen LogP contribution in [0.4, 0.5) is 11.4 Å². The number of hydrogen-bond acceptors (Lipinski definition) is 4. The number of nitro benzene ring substituents is 1. The predicted octanol–water partition coefficient (Wildman–Crippen LogP) is 3.27. The van der Waals surface area contributed by atoms with E-state index in [1.807, 2.05) is 6.92 Å². The molecular formula is C16H16N2O4. The third-order valence-electron chi connectivity index (χ3n) is 3.25. The molecule has 0 unspecified atom stereocenters. The van der Waals surface area contributed by atoms with Gasteiger partial charge in [-0.3, -0.25) is 14.9 Å². The van der Waals surface area contributed by atoms with E-state index in [0.717, 1.165) is 0 Å². The van der Waals surface area contributed by atoms with Gasteiger partial charge in [0.2, 0.25) is 0 Å². The average molecular weight is 300 g/mol. The van der Waals surface area contributed by atoms with Gasteiger partial charge in [0.25, 0.3) is 11.6 Å². The molecule has 2 aromatic carbocycles. The molecule has 114 valence electrons. The summed E-state index contributed by atoms with van der Waals surface area (Å²) in [6.07, 6.45) is 0. The van der Waals surface area contributed by atoms with Crippen molar-refractivity contribution in [3.8, 4) is 5.75 Å². The van der Waals surface area contributed by atoms with Gasteiger partial charge in [-0.15, -0.1) is 0 Å². The maximum absolute atomic E-state index is 12.6. The Morgan fingerprint density at radius 1 is 1.23 bits per heavy atom. The smallest absolute Gasteiger partial charge is 0.270 e. The van der Waals surface area contributed by atoms with Gasteiger partial charge in [0.05, 0.1) is 12.0 Å². The van der Waals surface area contributed by atoms with E-state index < -0.39 is 4.92 Å². The molecule has 6 heteroatoms. The molecule has 0 atom stereocenters. The first-order valence-corrected chi connectivity index (χ1v) is 6.77. The van der Waals surface area contributed by atoms with E-state index in [4.69, 9.17) is 4.74 Å². The van der Waals surface area contributed by atoms with Gasteiger partial charge in [0.1, 0.15) is 5.75 Å². The fourth-order valence-corrected chi connectivity index (χ4v) is 2.11. The van der Waals surface area contributed by atoms with Crippen LogP contribution in [0, 0.1) is 10.1 Å². The Kier molecular flexibility index (Phi) is 4.73. The normalized spacial score (nSPS) is 10.1. The van der Waals surface area contributed by atoms with Gasteiger partial charge in [-0.05, 0) is 37.3 Å². The Morgan fingerprint density at radius 2 is 1.91 bits per heavy atom. The molecule has 0 bridgehead atoms. The summed E-state index contributed by atoms with van der Waals surface area (Å²) in [5, 5.41) is 10.8. The van der Waals surface area contributed by atoms with Crippen molar-refractivity contribution >= 4 is 17.3 Å². The van der Waals surface area contributed by atoms with E-state index in [1.165, 1.54) is 18.2 Å². The highest BCUT2D eigenvalue weighted by atomic mass is 16.6. The van der Waals surface area contributed by atoms with E-state index in [0.29, 0.717) is 18.0 Å². The fourth-order valence-electron chi connectivity index (χ4n) is 2.11. The number of amides is 1. The van der Waals surface area contributed by atoms with Crippen molar-refractivity contribution in [3.05, 3.63) is 64.2 Å². The number of anilines is 1. The highest BCUT2D eigenvalue weighted by Gasteiger charge is 2.18. The average Bonchev–Trinajstić information content (AvgIpc) is 2.56. The van der Waals surface area contributed by atoms with Crippen LogP contribution in [-0.4, -0.2) is 24.5 Å². The number of nitrogens with zero attached hydrogens (tertiary/aromatic N) is 2. The third-order valence-corrected chi connectivity index (χ3v) is 3.25. The first-order chi connectivity index (χ1) is 10.6. The van der Waals surface area contributed by atoms with E-state index in [2.05, 4.69) is 0 Å². The highest BCUT2D eigenvalue weighted by Crippen LogP contribution is 2.22. The summed E-state index contributed by atoms with van der Waals surface area (Å²) < 4.78 is 5.09. The van der Waals surface area contributed by atoms with Gasteiger partial charge in [-0.25, -0.2) is 0 Å². The first-order valence-electron chi connectivity index (χ1n) is 6.77. The minimum absolute atomic E-state index is 0.100. The van der Waals surface area contributed by atoms with Crippen LogP contribution in [0.25, 0.3) is 0 Å². The third kappa shape index (κ3) is 3.22. The second-order valence-electron chi connectivity index (χ2n) is 4.55. The molecule has 0 aromatic heterocycles. The highest BCUT2D eigenvalue weighted by molar-refractivity contribution is 6.06. The summed E-state index contributed by atoms with van der Waals surface area (Å²) in [7, 11) is 1.57. The number of ether oxygens (including phenoxy) is 1. The Bertz CT molecular complexity index is 683. The van der Waals surface area contributed by atoms with Gasteiger partial charge < -0.3 is 9.64 Å². The second kappa shape index (κ2) is 6.71. The molecular weight excluding hydrogens is 284 g/mol. The van der Waals surface area contributed by atoms with Crippen LogP contribution in [0.5, 0.6) is 5.75 Å². The summed E-state index contributed by atoms with van der Waals surface area (Å²) in [5.74, 6) is 0.416. The van der Waals surface area contributed by atoms with Crippen molar-refractivity contribution in [2.24, 2.45) is 0 Å². The number of methoxy groups -OCH3 is 1. The minimum Gasteiger partial charge on any atom is -0.497 e. The van der Waals surface area contributed by atoms with Gasteiger partial charge >= 0.3 is 0 Å². The quantitative estimate of drug-likeness (QED) is 0.627. The van der Waals surface area contributed by atoms with Gasteiger partial charge in [0.15, 0.2) is 0 Å². The number of rotatable bonds is 5. The summed E-state index contributed by atoms with van der Waals surface area (Å²) in [4.78, 5) is 24.4. The summed E-state index contributed by atoms with van der Waals surface area (Å²) in [5.41, 5.74) is 0.892. The summed E-state index contributed by atoms with van der Waals surface area (Å²) >= 11 is 0.